The molecule has 0 aliphatic heterocycles. The van der Waals surface area contributed by atoms with Gasteiger partial charge in [-0.1, -0.05) is 40.9 Å². The molecule has 2 aromatic carbocycles. The van der Waals surface area contributed by atoms with Gasteiger partial charge >= 0.3 is 0 Å². The summed E-state index contributed by atoms with van der Waals surface area (Å²) in [5.41, 5.74) is 3.41. The van der Waals surface area contributed by atoms with Crippen molar-refractivity contribution in [2.75, 3.05) is 5.32 Å². The molecule has 3 heteroatoms. The molecule has 0 aromatic heterocycles. The molecule has 0 fully saturated rings. The van der Waals surface area contributed by atoms with Crippen molar-refractivity contribution in [2.45, 2.75) is 13.5 Å². The monoisotopic (exact) mass is 265 g/mol. The molecule has 0 bridgehead atoms. The van der Waals surface area contributed by atoms with Gasteiger partial charge in [0.15, 0.2) is 0 Å². The Morgan fingerprint density at radius 1 is 0.941 bits per heavy atom. The van der Waals surface area contributed by atoms with Gasteiger partial charge in [0.05, 0.1) is 0 Å². The lowest BCUT2D eigenvalue weighted by molar-refractivity contribution is 1.15. The van der Waals surface area contributed by atoms with Crippen LogP contribution in [0.4, 0.5) is 5.69 Å². The summed E-state index contributed by atoms with van der Waals surface area (Å²) in [4.78, 5) is 0. The molecule has 0 heterocycles. The highest BCUT2D eigenvalue weighted by Gasteiger charge is 1.98. The quantitative estimate of drug-likeness (QED) is 0.831. The number of hydrogen-bond acceptors (Lipinski definition) is 1. The van der Waals surface area contributed by atoms with E-state index in [4.69, 9.17) is 23.2 Å². The lowest BCUT2D eigenvalue weighted by Gasteiger charge is -2.07. The second-order valence-electron chi connectivity index (χ2n) is 4.00. The van der Waals surface area contributed by atoms with Crippen molar-refractivity contribution >= 4 is 28.9 Å². The molecule has 1 nitrogen and oxygen atoms in total. The number of hydrogen-bond donors (Lipinski definition) is 1. The van der Waals surface area contributed by atoms with E-state index in [-0.39, 0.29) is 0 Å². The molecule has 0 radical (unpaired) electrons. The maximum absolute atomic E-state index is 5.94. The van der Waals surface area contributed by atoms with Crippen molar-refractivity contribution in [2.24, 2.45) is 0 Å². The van der Waals surface area contributed by atoms with E-state index in [0.29, 0.717) is 16.6 Å². The number of rotatable bonds is 3. The highest BCUT2D eigenvalue weighted by atomic mass is 35.5. The Bertz CT molecular complexity index is 486. The van der Waals surface area contributed by atoms with Gasteiger partial charge in [0, 0.05) is 22.3 Å². The van der Waals surface area contributed by atoms with E-state index in [2.05, 4.69) is 36.5 Å². The van der Waals surface area contributed by atoms with Gasteiger partial charge in [0.25, 0.3) is 0 Å². The van der Waals surface area contributed by atoms with Crippen LogP contribution in [0.1, 0.15) is 11.1 Å². The third-order valence-electron chi connectivity index (χ3n) is 2.47. The van der Waals surface area contributed by atoms with Crippen molar-refractivity contribution in [3.05, 3.63) is 63.6 Å². The predicted octanol–water partition coefficient (Wildman–Crippen LogP) is 4.91. The first-order valence-corrected chi connectivity index (χ1v) is 6.14. The van der Waals surface area contributed by atoms with E-state index in [9.17, 15) is 0 Å². The third kappa shape index (κ3) is 3.65. The van der Waals surface area contributed by atoms with Gasteiger partial charge in [-0.25, -0.2) is 0 Å². The summed E-state index contributed by atoms with van der Waals surface area (Å²) < 4.78 is 0. The Labute approximate surface area is 111 Å². The van der Waals surface area contributed by atoms with Gasteiger partial charge in [-0.3, -0.25) is 0 Å². The van der Waals surface area contributed by atoms with E-state index in [1.54, 1.807) is 6.07 Å². The minimum atomic E-state index is 0.665. The van der Waals surface area contributed by atoms with Crippen LogP contribution in [-0.2, 0) is 6.54 Å². The summed E-state index contributed by atoms with van der Waals surface area (Å²) in [5, 5.41) is 4.66. The standard InChI is InChI=1S/C14H13Cl2N/c1-10-2-4-14(5-3-10)17-9-11-6-12(15)8-13(16)7-11/h2-8,17H,9H2,1H3. The number of nitrogens with one attached hydrogen (secondary N) is 1. The lowest BCUT2D eigenvalue weighted by Crippen LogP contribution is -1.99. The van der Waals surface area contributed by atoms with Gasteiger partial charge in [0.2, 0.25) is 0 Å². The Morgan fingerprint density at radius 3 is 2.12 bits per heavy atom. The van der Waals surface area contributed by atoms with Crippen LogP contribution in [0.15, 0.2) is 42.5 Å². The van der Waals surface area contributed by atoms with Crippen LogP contribution in [0.2, 0.25) is 10.0 Å². The Morgan fingerprint density at radius 2 is 1.53 bits per heavy atom. The molecule has 0 aliphatic rings. The maximum Gasteiger partial charge on any atom is 0.0424 e. The van der Waals surface area contributed by atoms with Crippen molar-refractivity contribution in [1.29, 1.82) is 0 Å². The predicted molar refractivity (Wildman–Crippen MR) is 75.0 cm³/mol. The van der Waals surface area contributed by atoms with Crippen molar-refractivity contribution < 1.29 is 0 Å². The van der Waals surface area contributed by atoms with Crippen LogP contribution >= 0.6 is 23.2 Å². The second kappa shape index (κ2) is 5.44. The summed E-state index contributed by atoms with van der Waals surface area (Å²) in [5.74, 6) is 0. The lowest BCUT2D eigenvalue weighted by atomic mass is 10.2. The number of benzene rings is 2. The molecule has 0 unspecified atom stereocenters. The SMILES string of the molecule is Cc1ccc(NCc2cc(Cl)cc(Cl)c2)cc1. The summed E-state index contributed by atoms with van der Waals surface area (Å²) in [6, 6.07) is 13.8. The zero-order chi connectivity index (χ0) is 12.3. The van der Waals surface area contributed by atoms with Gasteiger partial charge < -0.3 is 5.32 Å². The van der Waals surface area contributed by atoms with E-state index in [0.717, 1.165) is 11.3 Å². The molecule has 88 valence electrons. The van der Waals surface area contributed by atoms with Gasteiger partial charge in [-0.15, -0.1) is 0 Å². The van der Waals surface area contributed by atoms with Crippen LogP contribution in [0, 0.1) is 6.92 Å². The number of anilines is 1. The van der Waals surface area contributed by atoms with Crippen LogP contribution in [0.3, 0.4) is 0 Å². The average Bonchev–Trinajstić information content (AvgIpc) is 2.27. The first-order chi connectivity index (χ1) is 8.13. The van der Waals surface area contributed by atoms with Gasteiger partial charge in [-0.05, 0) is 42.8 Å². The molecule has 0 saturated carbocycles. The molecule has 17 heavy (non-hydrogen) atoms. The largest absolute Gasteiger partial charge is 0.381 e. The Balaban J connectivity index is 2.04. The zero-order valence-corrected chi connectivity index (χ0v) is 11.0. The Hall–Kier alpha value is -1.18. The number of halogens is 2. The third-order valence-corrected chi connectivity index (χ3v) is 2.91. The minimum absolute atomic E-state index is 0.665. The molecule has 0 spiro atoms. The first kappa shape index (κ1) is 12.3. The van der Waals surface area contributed by atoms with Crippen LogP contribution in [0.5, 0.6) is 0 Å². The van der Waals surface area contributed by atoms with Gasteiger partial charge in [0.1, 0.15) is 0 Å². The first-order valence-electron chi connectivity index (χ1n) is 5.39. The average molecular weight is 266 g/mol. The summed E-state index contributed by atoms with van der Waals surface area (Å²) in [6.07, 6.45) is 0. The summed E-state index contributed by atoms with van der Waals surface area (Å²) in [6.45, 7) is 2.78. The molecule has 1 N–H and O–H groups in total. The molecule has 0 aliphatic carbocycles. The van der Waals surface area contributed by atoms with Crippen LogP contribution < -0.4 is 5.32 Å². The maximum atomic E-state index is 5.94. The highest BCUT2D eigenvalue weighted by Crippen LogP contribution is 2.20. The Kier molecular flexibility index (Phi) is 3.93. The van der Waals surface area contributed by atoms with E-state index < -0.39 is 0 Å². The fraction of sp³-hybridized carbons (Fsp3) is 0.143. The van der Waals surface area contributed by atoms with Crippen molar-refractivity contribution in [1.82, 2.24) is 0 Å². The van der Waals surface area contributed by atoms with Crippen molar-refractivity contribution in [3.8, 4) is 0 Å². The fourth-order valence-corrected chi connectivity index (χ4v) is 2.16. The normalized spacial score (nSPS) is 10.3. The zero-order valence-electron chi connectivity index (χ0n) is 9.50. The minimum Gasteiger partial charge on any atom is -0.381 e. The van der Waals surface area contributed by atoms with Crippen molar-refractivity contribution in [3.63, 3.8) is 0 Å². The second-order valence-corrected chi connectivity index (χ2v) is 4.87. The molecule has 2 rings (SSSR count). The fourth-order valence-electron chi connectivity index (χ4n) is 1.59. The van der Waals surface area contributed by atoms with Crippen LogP contribution in [0.25, 0.3) is 0 Å². The summed E-state index contributed by atoms with van der Waals surface area (Å²) in [7, 11) is 0. The van der Waals surface area contributed by atoms with E-state index in [1.165, 1.54) is 5.56 Å². The van der Waals surface area contributed by atoms with Gasteiger partial charge in [-0.2, -0.15) is 0 Å². The smallest absolute Gasteiger partial charge is 0.0424 e. The molecular weight excluding hydrogens is 253 g/mol. The number of aryl methyl sites for hydroxylation is 1. The summed E-state index contributed by atoms with van der Waals surface area (Å²) >= 11 is 11.9. The topological polar surface area (TPSA) is 12.0 Å². The molecule has 0 amide bonds. The molecule has 0 atom stereocenters. The van der Waals surface area contributed by atoms with Crippen LogP contribution in [-0.4, -0.2) is 0 Å². The highest BCUT2D eigenvalue weighted by molar-refractivity contribution is 6.34. The van der Waals surface area contributed by atoms with E-state index in [1.807, 2.05) is 12.1 Å². The van der Waals surface area contributed by atoms with E-state index >= 15 is 0 Å². The molecule has 2 aromatic rings. The molecular formula is C14H13Cl2N. The molecule has 0 saturated heterocycles.